The summed E-state index contributed by atoms with van der Waals surface area (Å²) in [5.41, 5.74) is 0.404. The molecule has 0 aliphatic carbocycles. The van der Waals surface area contributed by atoms with Crippen LogP contribution in [0.3, 0.4) is 0 Å². The van der Waals surface area contributed by atoms with E-state index in [0.717, 1.165) is 0 Å². The van der Waals surface area contributed by atoms with Gasteiger partial charge in [0.15, 0.2) is 0 Å². The van der Waals surface area contributed by atoms with Gasteiger partial charge in [0.1, 0.15) is 5.82 Å². The number of nitrogens with one attached hydrogen (secondary N) is 1. The minimum absolute atomic E-state index is 0.0700. The van der Waals surface area contributed by atoms with Gasteiger partial charge in [-0.2, -0.15) is 0 Å². The summed E-state index contributed by atoms with van der Waals surface area (Å²) in [7, 11) is 0. The Morgan fingerprint density at radius 1 is 1.26 bits per heavy atom. The van der Waals surface area contributed by atoms with E-state index in [1.807, 2.05) is 0 Å². The first-order valence-corrected chi connectivity index (χ1v) is 6.84. The van der Waals surface area contributed by atoms with E-state index >= 15 is 0 Å². The van der Waals surface area contributed by atoms with Crippen molar-refractivity contribution in [1.29, 1.82) is 0 Å². The number of carbonyl (C=O) groups is 1. The second-order valence-electron chi connectivity index (χ2n) is 3.74. The Bertz CT molecular complexity index is 651. The summed E-state index contributed by atoms with van der Waals surface area (Å²) in [5.74, 6) is -1.16. The molecule has 1 amide bonds. The highest BCUT2D eigenvalue weighted by atomic mass is 79.9. The molecule has 0 aromatic heterocycles. The van der Waals surface area contributed by atoms with Crippen molar-refractivity contribution in [3.05, 3.63) is 57.3 Å². The predicted octanol–water partition coefficient (Wildman–Crippen LogP) is 4.78. The maximum atomic E-state index is 13.6. The molecule has 0 saturated heterocycles. The van der Waals surface area contributed by atoms with E-state index in [9.17, 15) is 9.18 Å². The Morgan fingerprint density at radius 3 is 2.74 bits per heavy atom. The highest BCUT2D eigenvalue weighted by molar-refractivity contribution is 9.10. The second-order valence-corrected chi connectivity index (χ2v) is 5.55. The fourth-order valence-electron chi connectivity index (χ4n) is 1.47. The van der Waals surface area contributed by atoms with Crippen LogP contribution in [0, 0.1) is 5.82 Å². The first-order chi connectivity index (χ1) is 8.97. The Balaban J connectivity index is 2.30. The van der Waals surface area contributed by atoms with Gasteiger partial charge in [0.05, 0.1) is 11.3 Å². The van der Waals surface area contributed by atoms with Crippen molar-refractivity contribution < 1.29 is 9.18 Å². The molecule has 2 aromatic carbocycles. The summed E-state index contributed by atoms with van der Waals surface area (Å²) in [4.78, 5) is 12.5. The van der Waals surface area contributed by atoms with Gasteiger partial charge in [0.2, 0.25) is 0 Å². The van der Waals surface area contributed by atoms with Gasteiger partial charge in [-0.15, -0.1) is 12.6 Å². The number of hydrogen-bond acceptors (Lipinski definition) is 2. The van der Waals surface area contributed by atoms with Crippen molar-refractivity contribution >= 4 is 51.8 Å². The highest BCUT2D eigenvalue weighted by Gasteiger charge is 2.13. The molecule has 2 aromatic rings. The molecule has 0 unspecified atom stereocenters. The fraction of sp³-hybridized carbons (Fsp3) is 0. The fourth-order valence-corrected chi connectivity index (χ4v) is 2.19. The van der Waals surface area contributed by atoms with Crippen LogP contribution in [0.1, 0.15) is 10.4 Å². The van der Waals surface area contributed by atoms with Crippen molar-refractivity contribution in [3.63, 3.8) is 0 Å². The van der Waals surface area contributed by atoms with Gasteiger partial charge in [0, 0.05) is 14.4 Å². The molecule has 2 nitrogen and oxygen atoms in total. The van der Waals surface area contributed by atoms with Gasteiger partial charge in [0.25, 0.3) is 5.91 Å². The summed E-state index contributed by atoms with van der Waals surface area (Å²) < 4.78 is 14.2. The third-order valence-electron chi connectivity index (χ3n) is 2.37. The molecule has 0 atom stereocenters. The molecule has 0 aliphatic rings. The van der Waals surface area contributed by atoms with E-state index in [1.165, 1.54) is 18.2 Å². The van der Waals surface area contributed by atoms with E-state index in [-0.39, 0.29) is 5.56 Å². The average Bonchev–Trinajstić information content (AvgIpc) is 2.36. The van der Waals surface area contributed by atoms with E-state index in [4.69, 9.17) is 11.6 Å². The van der Waals surface area contributed by atoms with Crippen molar-refractivity contribution in [2.24, 2.45) is 0 Å². The zero-order chi connectivity index (χ0) is 14.0. The number of hydrogen-bond donors (Lipinski definition) is 2. The molecule has 0 spiro atoms. The first-order valence-electron chi connectivity index (χ1n) is 5.22. The lowest BCUT2D eigenvalue weighted by Crippen LogP contribution is -2.14. The minimum Gasteiger partial charge on any atom is -0.321 e. The zero-order valence-electron chi connectivity index (χ0n) is 9.45. The molecule has 98 valence electrons. The number of halogens is 3. The van der Waals surface area contributed by atoms with Crippen LogP contribution in [0.15, 0.2) is 45.8 Å². The zero-order valence-corrected chi connectivity index (χ0v) is 12.7. The lowest BCUT2D eigenvalue weighted by Gasteiger charge is -2.09. The lowest BCUT2D eigenvalue weighted by atomic mass is 10.2. The van der Waals surface area contributed by atoms with Gasteiger partial charge in [-0.3, -0.25) is 4.79 Å². The van der Waals surface area contributed by atoms with E-state index < -0.39 is 11.7 Å². The van der Waals surface area contributed by atoms with Crippen molar-refractivity contribution in [3.8, 4) is 0 Å². The summed E-state index contributed by atoms with van der Waals surface area (Å²) in [5, 5.41) is 3.07. The average molecular weight is 361 g/mol. The second kappa shape index (κ2) is 5.94. The van der Waals surface area contributed by atoms with E-state index in [0.29, 0.717) is 20.1 Å². The van der Waals surface area contributed by atoms with Gasteiger partial charge in [-0.25, -0.2) is 4.39 Å². The third-order valence-corrected chi connectivity index (χ3v) is 3.58. The molecule has 0 bridgehead atoms. The maximum Gasteiger partial charge on any atom is 0.258 e. The summed E-state index contributed by atoms with van der Waals surface area (Å²) in [6, 6.07) is 8.99. The molecule has 0 radical (unpaired) electrons. The summed E-state index contributed by atoms with van der Waals surface area (Å²) in [6.45, 7) is 0. The molecule has 0 aliphatic heterocycles. The normalized spacial score (nSPS) is 10.3. The molecule has 19 heavy (non-hydrogen) atoms. The first kappa shape index (κ1) is 14.4. The quantitative estimate of drug-likeness (QED) is 0.741. The Hall–Kier alpha value is -1.04. The number of thiol groups is 1. The number of benzene rings is 2. The molecular formula is C13H8BrClFNOS. The third kappa shape index (κ3) is 3.49. The van der Waals surface area contributed by atoms with Crippen LogP contribution in [0.25, 0.3) is 0 Å². The molecule has 6 heteroatoms. The van der Waals surface area contributed by atoms with E-state index in [1.54, 1.807) is 18.2 Å². The molecular weight excluding hydrogens is 353 g/mol. The topological polar surface area (TPSA) is 29.1 Å². The SMILES string of the molecule is O=C(Nc1cc(Cl)ccc1Br)c1cc(S)ccc1F. The van der Waals surface area contributed by atoms with Crippen LogP contribution in [0.2, 0.25) is 5.02 Å². The number of amides is 1. The number of anilines is 1. The standard InChI is InChI=1S/C13H8BrClFNOS/c14-10-3-1-7(15)5-12(10)17-13(18)9-6-8(19)2-4-11(9)16/h1-6,19H,(H,17,18). The molecule has 0 fully saturated rings. The molecule has 0 heterocycles. The van der Waals surface area contributed by atoms with Crippen LogP contribution < -0.4 is 5.32 Å². The van der Waals surface area contributed by atoms with Crippen LogP contribution in [0.5, 0.6) is 0 Å². The Morgan fingerprint density at radius 2 is 2.00 bits per heavy atom. The minimum atomic E-state index is -0.603. The van der Waals surface area contributed by atoms with Crippen LogP contribution in [-0.4, -0.2) is 5.91 Å². The summed E-state index contributed by atoms with van der Waals surface area (Å²) in [6.07, 6.45) is 0. The number of rotatable bonds is 2. The molecule has 0 saturated carbocycles. The Labute approximate surface area is 128 Å². The highest BCUT2D eigenvalue weighted by Crippen LogP contribution is 2.26. The largest absolute Gasteiger partial charge is 0.321 e. The van der Waals surface area contributed by atoms with Gasteiger partial charge in [-0.05, 0) is 52.3 Å². The lowest BCUT2D eigenvalue weighted by molar-refractivity contribution is 0.102. The predicted molar refractivity (Wildman–Crippen MR) is 80.8 cm³/mol. The van der Waals surface area contributed by atoms with Gasteiger partial charge >= 0.3 is 0 Å². The molecule has 1 N–H and O–H groups in total. The van der Waals surface area contributed by atoms with Crippen molar-refractivity contribution in [1.82, 2.24) is 0 Å². The van der Waals surface area contributed by atoms with Gasteiger partial charge < -0.3 is 5.32 Å². The van der Waals surface area contributed by atoms with Crippen LogP contribution in [-0.2, 0) is 0 Å². The van der Waals surface area contributed by atoms with Crippen LogP contribution in [0.4, 0.5) is 10.1 Å². The van der Waals surface area contributed by atoms with Crippen molar-refractivity contribution in [2.75, 3.05) is 5.32 Å². The van der Waals surface area contributed by atoms with Gasteiger partial charge in [-0.1, -0.05) is 11.6 Å². The van der Waals surface area contributed by atoms with E-state index in [2.05, 4.69) is 33.9 Å². The number of carbonyl (C=O) groups excluding carboxylic acids is 1. The molecule has 2 rings (SSSR count). The monoisotopic (exact) mass is 359 g/mol. The smallest absolute Gasteiger partial charge is 0.258 e. The maximum absolute atomic E-state index is 13.6. The Kier molecular flexibility index (Phi) is 4.50. The summed E-state index contributed by atoms with van der Waals surface area (Å²) >= 11 is 13.2. The van der Waals surface area contributed by atoms with Crippen LogP contribution >= 0.6 is 40.2 Å². The van der Waals surface area contributed by atoms with Crippen molar-refractivity contribution in [2.45, 2.75) is 4.90 Å².